The number of piperidine rings is 1. The summed E-state index contributed by atoms with van der Waals surface area (Å²) in [4.78, 5) is 203. The Morgan fingerprint density at radius 1 is 0.650 bits per heavy atom. The number of benzene rings is 3. The Labute approximate surface area is 709 Å². The minimum absolute atomic E-state index is 0.00377. The number of thiazole rings is 1. The predicted molar refractivity (Wildman–Crippen MR) is 447 cm³/mol. The van der Waals surface area contributed by atoms with Crippen LogP contribution in [0, 0.1) is 17.8 Å². The van der Waals surface area contributed by atoms with E-state index in [2.05, 4.69) is 63.7 Å². The molecular weight excluding hydrogens is 1620 g/mol. The topological polar surface area (TPSA) is 516 Å². The van der Waals surface area contributed by atoms with Crippen LogP contribution in [-0.2, 0) is 92.8 Å². The number of likely N-dealkylation sites (tertiary alicyclic amines) is 1. The largest absolute Gasteiger partial charge is 0.508 e. The Hall–Kier alpha value is -10.8. The number of nitrogens with zero attached hydrogens (tertiary/aromatic N) is 3. The maximum atomic E-state index is 15.0. The highest BCUT2D eigenvalue weighted by Crippen LogP contribution is 2.33. The Morgan fingerprint density at radius 2 is 1.32 bits per heavy atom. The standard InChI is InChI=1S/C81H116N14O22S3/c1-9-19-69(103)116-48-95(77(109)70(50(5)10-2)91-75(108)63-22-15-18-36-94(63)8)64(49(3)4)45-65(117-52(7)96)76-89-62(47-118-76)74(107)86-57(41-54-27-29-58(97)30-28-54)40-51(6)71(104)92-93-81(114)115-37-39-120-119-38-35-82-72(105)60(42-53-20-13-11-14-21-53)88-73(106)61(44-68(101)102)87-66(98)43-55-23-25-56(26-24-55)46-85-79(112)83-33-16-12-17-34-84-80(113)90-59(78(110)111)31-32-67(99)100/h11,13-14,20-21,23-30,47,49-51,57,59-61,63-65,70,97H,9-10,12,15-19,22,31-46,48H2,1-8H3,(H,82,105)(H,86,107)(H,87,98)(H,88,106)(H,91,108)(H,92,104)(H,93,114)(H,99,100)(H,101,102)(H,110,111)(H2,83,85,112)(H2,84,90,113)/t50-,51-,57+,59-,60-,61-,63+,64+,65+,70?/m0/s1. The smallest absolute Gasteiger partial charge is 0.426 e. The molecule has 0 aliphatic carbocycles. The summed E-state index contributed by atoms with van der Waals surface area (Å²) in [5.41, 5.74) is 7.10. The van der Waals surface area contributed by atoms with Crippen molar-refractivity contribution in [1.29, 1.82) is 0 Å². The lowest BCUT2D eigenvalue weighted by atomic mass is 9.92. The van der Waals surface area contributed by atoms with Gasteiger partial charge in [0.05, 0.1) is 18.9 Å². The lowest BCUT2D eigenvalue weighted by Gasteiger charge is -2.39. The van der Waals surface area contributed by atoms with E-state index in [1.54, 1.807) is 73.7 Å². The number of hydrogen-bond acceptors (Lipinski definition) is 24. The molecule has 660 valence electrons. The van der Waals surface area contributed by atoms with Gasteiger partial charge in [0.2, 0.25) is 35.4 Å². The molecule has 39 heteroatoms. The van der Waals surface area contributed by atoms with Gasteiger partial charge in [-0.25, -0.2) is 29.6 Å². The van der Waals surface area contributed by atoms with Crippen LogP contribution < -0.4 is 58.7 Å². The van der Waals surface area contributed by atoms with Crippen molar-refractivity contribution in [2.45, 2.75) is 213 Å². The first-order valence-electron chi connectivity index (χ1n) is 40.1. The minimum atomic E-state index is -1.57. The fourth-order valence-corrected chi connectivity index (χ4v) is 15.3. The molecule has 36 nitrogen and oxygen atoms in total. The number of hydrogen-bond donors (Lipinski definition) is 15. The summed E-state index contributed by atoms with van der Waals surface area (Å²) in [6.07, 6.45) is 1.60. The predicted octanol–water partition coefficient (Wildman–Crippen LogP) is 6.15. The van der Waals surface area contributed by atoms with Gasteiger partial charge in [-0.05, 0) is 118 Å². The van der Waals surface area contributed by atoms with E-state index in [-0.39, 0.29) is 111 Å². The van der Waals surface area contributed by atoms with E-state index in [0.29, 0.717) is 73.1 Å². The van der Waals surface area contributed by atoms with Crippen LogP contribution in [0.4, 0.5) is 14.4 Å². The molecule has 1 aliphatic rings. The van der Waals surface area contributed by atoms with Gasteiger partial charge in [0.25, 0.3) is 5.91 Å². The number of nitrogens with one attached hydrogen (secondary N) is 11. The maximum Gasteiger partial charge on any atom is 0.426 e. The molecule has 120 heavy (non-hydrogen) atoms. The number of likely N-dealkylation sites (N-methyl/N-ethyl adjacent to an activating group) is 1. The van der Waals surface area contributed by atoms with Gasteiger partial charge in [-0.1, -0.05) is 143 Å². The Kier molecular flexibility index (Phi) is 44.6. The summed E-state index contributed by atoms with van der Waals surface area (Å²) >= 11 is 1.04. The quantitative estimate of drug-likeness (QED) is 0.00588. The molecule has 0 spiro atoms. The van der Waals surface area contributed by atoms with Crippen molar-refractivity contribution in [1.82, 2.24) is 73.5 Å². The fourth-order valence-electron chi connectivity index (χ4n) is 12.7. The third-order valence-electron chi connectivity index (χ3n) is 19.5. The van der Waals surface area contributed by atoms with Crippen molar-refractivity contribution in [3.05, 3.63) is 117 Å². The highest BCUT2D eigenvalue weighted by atomic mass is 33.1. The summed E-state index contributed by atoms with van der Waals surface area (Å²) in [5.74, 6) is -10.3. The van der Waals surface area contributed by atoms with E-state index in [1.165, 1.54) is 50.9 Å². The van der Waals surface area contributed by atoms with Gasteiger partial charge >= 0.3 is 48.0 Å². The number of phenolic OH excluding ortho intramolecular Hbond substituents is 1. The minimum Gasteiger partial charge on any atom is -0.508 e. The first kappa shape index (κ1) is 99.8. The molecule has 0 saturated carbocycles. The molecule has 1 aromatic heterocycles. The first-order valence-corrected chi connectivity index (χ1v) is 43.5. The number of esters is 2. The third-order valence-corrected chi connectivity index (χ3v) is 22.8. The van der Waals surface area contributed by atoms with Gasteiger partial charge in [0, 0.05) is 93.7 Å². The Morgan fingerprint density at radius 3 is 1.96 bits per heavy atom. The van der Waals surface area contributed by atoms with Gasteiger partial charge in [-0.3, -0.25) is 63.1 Å². The van der Waals surface area contributed by atoms with Gasteiger partial charge in [0.15, 0.2) is 12.8 Å². The van der Waals surface area contributed by atoms with Crippen molar-refractivity contribution in [2.75, 3.05) is 58.1 Å². The molecule has 12 amide bonds. The summed E-state index contributed by atoms with van der Waals surface area (Å²) in [6.45, 7) is 13.1. The first-order chi connectivity index (χ1) is 57.2. The molecule has 4 aromatic rings. The highest BCUT2D eigenvalue weighted by Gasteiger charge is 2.40. The van der Waals surface area contributed by atoms with Crippen LogP contribution in [0.2, 0.25) is 0 Å². The van der Waals surface area contributed by atoms with Crippen molar-refractivity contribution in [2.24, 2.45) is 17.8 Å². The zero-order chi connectivity index (χ0) is 88.2. The van der Waals surface area contributed by atoms with Crippen LogP contribution in [-0.4, -0.2) is 225 Å². The summed E-state index contributed by atoms with van der Waals surface area (Å²) < 4.78 is 16.9. The molecule has 10 atom stereocenters. The van der Waals surface area contributed by atoms with E-state index in [9.17, 15) is 82.4 Å². The molecule has 1 saturated heterocycles. The maximum absolute atomic E-state index is 15.0. The molecule has 0 bridgehead atoms. The summed E-state index contributed by atoms with van der Waals surface area (Å²) in [5, 5.41) is 63.6. The number of phenols is 1. The average Bonchev–Trinajstić information content (AvgIpc) is 1.28. The monoisotopic (exact) mass is 1730 g/mol. The molecule has 3 aromatic carbocycles. The number of unbranched alkanes of at least 4 members (excludes halogenated alkanes) is 2. The van der Waals surface area contributed by atoms with E-state index in [0.717, 1.165) is 30.7 Å². The van der Waals surface area contributed by atoms with E-state index < -0.39 is 157 Å². The molecule has 1 aliphatic heterocycles. The highest BCUT2D eigenvalue weighted by molar-refractivity contribution is 8.76. The number of urea groups is 2. The fraction of sp³-hybridized carbons (Fsp3) is 0.556. The number of carboxylic acid groups (broad SMARTS) is 3. The van der Waals surface area contributed by atoms with Crippen LogP contribution in [0.25, 0.3) is 0 Å². The number of amides is 12. The molecule has 2 heterocycles. The number of ether oxygens (including phenoxy) is 3. The van der Waals surface area contributed by atoms with Crippen molar-refractivity contribution in [3.8, 4) is 5.75 Å². The van der Waals surface area contributed by atoms with Crippen LogP contribution in [0.1, 0.15) is 182 Å². The molecule has 1 fully saturated rings. The summed E-state index contributed by atoms with van der Waals surface area (Å²) in [7, 11) is 4.52. The van der Waals surface area contributed by atoms with Crippen LogP contribution >= 0.6 is 32.9 Å². The molecule has 1 unspecified atom stereocenters. The molecule has 5 rings (SSSR count). The Balaban J connectivity index is 1.08. The van der Waals surface area contributed by atoms with Crippen molar-refractivity contribution < 1.29 is 107 Å². The zero-order valence-electron chi connectivity index (χ0n) is 69.0. The van der Waals surface area contributed by atoms with Crippen LogP contribution in [0.3, 0.4) is 0 Å². The number of rotatable bonds is 52. The number of carboxylic acids is 3. The second-order valence-electron chi connectivity index (χ2n) is 29.5. The normalized spacial score (nSPS) is 14.8. The Bertz CT molecular complexity index is 4020. The molecule has 0 radical (unpaired) electrons. The average molecular weight is 1730 g/mol. The second kappa shape index (κ2) is 53.7. The van der Waals surface area contributed by atoms with E-state index in [4.69, 9.17) is 19.3 Å². The zero-order valence-corrected chi connectivity index (χ0v) is 71.5. The number of carbonyl (C=O) groups is 15. The molecular formula is C81H116N14O22S3. The van der Waals surface area contributed by atoms with E-state index >= 15 is 4.79 Å². The third kappa shape index (κ3) is 37.7. The SMILES string of the molecule is CCCC(=O)OCN(C(=O)C(NC(=O)[C@H]1CCCCN1C)[C@@H](C)CC)[C@H](C[C@@H](OC(C)=O)c1nc(C(=O)N[C@@H](Cc2ccc(O)cc2)C[C@H](C)C(=O)NNC(=O)OCCSSCCNC(=O)[C@H](Cc2ccccc2)NC(=O)[C@H](CC(=O)O)NC(=O)Cc2ccc(CNC(=O)NCCCCCNC(=O)N[C@@H](CCC(=O)O)C(=O)O)cc2)cs1)C(C)C. The van der Waals surface area contributed by atoms with Gasteiger partial charge in [0.1, 0.15) is 47.2 Å². The number of aliphatic carboxylic acids is 3. The van der Waals surface area contributed by atoms with Crippen molar-refractivity contribution in [3.63, 3.8) is 0 Å². The second-order valence-corrected chi connectivity index (χ2v) is 33.1. The summed E-state index contributed by atoms with van der Waals surface area (Å²) in [6, 6.07) is 13.3. The number of aromatic hydroxyl groups is 1. The van der Waals surface area contributed by atoms with Crippen LogP contribution in [0.5, 0.6) is 5.75 Å². The van der Waals surface area contributed by atoms with Gasteiger partial charge in [-0.15, -0.1) is 11.3 Å². The number of aromatic nitrogens is 1. The number of hydrazine groups is 1. The van der Waals surface area contributed by atoms with Gasteiger partial charge in [-0.2, -0.15) is 0 Å². The lowest BCUT2D eigenvalue weighted by molar-refractivity contribution is -0.160. The number of carbonyl (C=O) groups excluding carboxylic acids is 12. The van der Waals surface area contributed by atoms with Crippen LogP contribution in [0.15, 0.2) is 84.2 Å². The van der Waals surface area contributed by atoms with Gasteiger partial charge < -0.3 is 87.4 Å². The molecule has 15 N–H and O–H groups in total. The van der Waals surface area contributed by atoms with Crippen molar-refractivity contribution >= 4 is 122 Å². The van der Waals surface area contributed by atoms with E-state index in [1.807, 2.05) is 46.6 Å². The lowest BCUT2D eigenvalue weighted by Crippen LogP contribution is -2.59.